The minimum atomic E-state index is -10.7. The van der Waals surface area contributed by atoms with Crippen molar-refractivity contribution in [3.63, 3.8) is 0 Å². The van der Waals surface area contributed by atoms with Gasteiger partial charge in [-0.25, -0.2) is 4.57 Å². The topological polar surface area (TPSA) is 3.88 Å². The molecule has 0 spiro atoms. The molecule has 1 heterocycles. The zero-order chi connectivity index (χ0) is 12.4. The number of pyridine rings is 1. The summed E-state index contributed by atoms with van der Waals surface area (Å²) >= 11 is 0. The molecule has 0 radical (unpaired) electrons. The molecule has 0 saturated carbocycles. The summed E-state index contributed by atoms with van der Waals surface area (Å²) in [5, 5.41) is 0. The summed E-state index contributed by atoms with van der Waals surface area (Å²) in [4.78, 5) is 0. The maximum atomic E-state index is 9.87. The molecule has 1 aromatic rings. The number of hydrogen-bond donors (Lipinski definition) is 0. The van der Waals surface area contributed by atoms with E-state index in [2.05, 4.69) is 17.6 Å². The van der Waals surface area contributed by atoms with Crippen LogP contribution in [0.2, 0.25) is 0 Å². The van der Waals surface area contributed by atoms with E-state index in [9.17, 15) is 25.2 Å². The van der Waals surface area contributed by atoms with E-state index in [1.54, 1.807) is 0 Å². The first-order valence-electron chi connectivity index (χ1n) is 3.73. The van der Waals surface area contributed by atoms with E-state index in [0.29, 0.717) is 0 Å². The zero-order valence-corrected chi connectivity index (χ0v) is 8.87. The molecular formula is C7H10F6NP. The second-order valence-electron chi connectivity index (χ2n) is 2.91. The van der Waals surface area contributed by atoms with Crippen LogP contribution in [0.25, 0.3) is 0 Å². The number of hydrogen-bond acceptors (Lipinski definition) is 0. The Hall–Kier alpha value is -0.840. The molecule has 0 bridgehead atoms. The van der Waals surface area contributed by atoms with E-state index >= 15 is 0 Å². The Morgan fingerprint density at radius 3 is 1.60 bits per heavy atom. The molecule has 0 atom stereocenters. The van der Waals surface area contributed by atoms with Gasteiger partial charge in [-0.1, -0.05) is 6.07 Å². The fraction of sp³-hybridized carbons (Fsp3) is 0.286. The van der Waals surface area contributed by atoms with E-state index in [-0.39, 0.29) is 0 Å². The third-order valence-electron chi connectivity index (χ3n) is 1.31. The van der Waals surface area contributed by atoms with Gasteiger partial charge in [-0.2, -0.15) is 0 Å². The van der Waals surface area contributed by atoms with Crippen molar-refractivity contribution in [3.8, 4) is 0 Å². The number of halogens is 6. The van der Waals surface area contributed by atoms with Crippen molar-refractivity contribution >= 4 is 7.81 Å². The second-order valence-corrected chi connectivity index (χ2v) is 4.83. The first-order chi connectivity index (χ1) is 6.25. The Labute approximate surface area is 82.6 Å². The van der Waals surface area contributed by atoms with Gasteiger partial charge in [0.05, 0.1) is 0 Å². The Morgan fingerprint density at radius 1 is 1.00 bits per heavy atom. The molecule has 0 aliphatic rings. The quantitative estimate of drug-likeness (QED) is 0.370. The van der Waals surface area contributed by atoms with Crippen molar-refractivity contribution in [2.24, 2.45) is 7.05 Å². The van der Waals surface area contributed by atoms with E-state index in [4.69, 9.17) is 0 Å². The molecule has 0 saturated heterocycles. The average Bonchev–Trinajstić information content (AvgIpc) is 1.88. The molecule has 0 N–H and O–H groups in total. The summed E-state index contributed by atoms with van der Waals surface area (Å²) in [5.74, 6) is 0. The van der Waals surface area contributed by atoms with Crippen LogP contribution in [-0.2, 0) is 7.05 Å². The van der Waals surface area contributed by atoms with Gasteiger partial charge in [-0.15, -0.1) is 0 Å². The second kappa shape index (κ2) is 3.33. The molecule has 90 valence electrons. The molecule has 0 aromatic carbocycles. The van der Waals surface area contributed by atoms with Crippen LogP contribution in [-0.4, -0.2) is 0 Å². The van der Waals surface area contributed by atoms with Crippen LogP contribution in [0.15, 0.2) is 24.4 Å². The van der Waals surface area contributed by atoms with Crippen molar-refractivity contribution in [3.05, 3.63) is 30.1 Å². The molecular weight excluding hydrogens is 243 g/mol. The molecule has 0 unspecified atom stereocenters. The van der Waals surface area contributed by atoms with Crippen LogP contribution in [0.1, 0.15) is 5.69 Å². The Balaban J connectivity index is 0.000000265. The van der Waals surface area contributed by atoms with Gasteiger partial charge >= 0.3 is 33.0 Å². The van der Waals surface area contributed by atoms with Crippen molar-refractivity contribution in [2.45, 2.75) is 6.92 Å². The predicted molar refractivity (Wildman–Crippen MR) is 45.9 cm³/mol. The molecule has 1 nitrogen and oxygen atoms in total. The van der Waals surface area contributed by atoms with Crippen LogP contribution in [0, 0.1) is 6.92 Å². The van der Waals surface area contributed by atoms with Crippen molar-refractivity contribution in [1.29, 1.82) is 0 Å². The molecule has 0 aliphatic carbocycles. The van der Waals surface area contributed by atoms with Gasteiger partial charge in [0.1, 0.15) is 7.05 Å². The van der Waals surface area contributed by atoms with Gasteiger partial charge in [-0.3, -0.25) is 0 Å². The summed E-state index contributed by atoms with van der Waals surface area (Å²) in [5.41, 5.74) is 1.28. The van der Waals surface area contributed by atoms with Gasteiger partial charge in [0.2, 0.25) is 0 Å². The van der Waals surface area contributed by atoms with Gasteiger partial charge in [0.25, 0.3) is 0 Å². The minimum absolute atomic E-state index is 1.28. The van der Waals surface area contributed by atoms with E-state index in [0.717, 1.165) is 0 Å². The summed E-state index contributed by atoms with van der Waals surface area (Å²) < 4.78 is 61.3. The fourth-order valence-electron chi connectivity index (χ4n) is 0.609. The third kappa shape index (κ3) is 15.9. The van der Waals surface area contributed by atoms with Gasteiger partial charge in [-0.05, 0) is 0 Å². The number of aryl methyl sites for hydroxylation is 2. The molecule has 15 heavy (non-hydrogen) atoms. The summed E-state index contributed by atoms with van der Waals surface area (Å²) in [6.07, 6.45) is 2.04. The fourth-order valence-corrected chi connectivity index (χ4v) is 0.609. The van der Waals surface area contributed by atoms with Gasteiger partial charge in [0, 0.05) is 19.1 Å². The van der Waals surface area contributed by atoms with Crippen molar-refractivity contribution < 1.29 is 29.7 Å². The van der Waals surface area contributed by atoms with Crippen LogP contribution in [0.5, 0.6) is 0 Å². The van der Waals surface area contributed by atoms with E-state index in [1.165, 1.54) is 5.69 Å². The molecule has 1 aromatic heterocycles. The first-order valence-corrected chi connectivity index (χ1v) is 5.76. The molecule has 0 fully saturated rings. The Bertz CT molecular complexity index is 310. The zero-order valence-electron chi connectivity index (χ0n) is 7.97. The Kier molecular flexibility index (Phi) is 3.15. The standard InChI is InChI=1S/C7H10N.F6P/c1-7-5-3-4-6-8(7)2;1-7(2,3,4,5)6/h3-6H,1-2H3;/q+1;-1. The third-order valence-corrected chi connectivity index (χ3v) is 1.31. The average molecular weight is 253 g/mol. The monoisotopic (exact) mass is 253 g/mol. The molecule has 0 aliphatic heterocycles. The number of nitrogens with zero attached hydrogens (tertiary/aromatic N) is 1. The summed E-state index contributed by atoms with van der Waals surface area (Å²) in [7, 11) is -8.62. The molecule has 0 amide bonds. The molecule has 8 heteroatoms. The maximum absolute atomic E-state index is 10.7. The predicted octanol–water partition coefficient (Wildman–Crippen LogP) is 4.20. The van der Waals surface area contributed by atoms with Gasteiger partial charge in [0.15, 0.2) is 11.9 Å². The molecule has 1 rings (SSSR count). The van der Waals surface area contributed by atoms with E-state index < -0.39 is 7.81 Å². The normalized spacial score (nSPS) is 15.7. The van der Waals surface area contributed by atoms with Crippen LogP contribution in [0.3, 0.4) is 0 Å². The number of aromatic nitrogens is 1. The van der Waals surface area contributed by atoms with E-state index in [1.807, 2.05) is 25.4 Å². The van der Waals surface area contributed by atoms with Crippen LogP contribution in [0.4, 0.5) is 25.2 Å². The van der Waals surface area contributed by atoms with Crippen LogP contribution < -0.4 is 4.57 Å². The SMILES string of the molecule is Cc1cccc[n+]1C.F[P-](F)(F)(F)(F)F. The Morgan fingerprint density at radius 2 is 1.40 bits per heavy atom. The van der Waals surface area contributed by atoms with Gasteiger partial charge < -0.3 is 0 Å². The van der Waals surface area contributed by atoms with Crippen molar-refractivity contribution in [1.82, 2.24) is 0 Å². The number of rotatable bonds is 0. The van der Waals surface area contributed by atoms with Crippen molar-refractivity contribution in [2.75, 3.05) is 0 Å². The van der Waals surface area contributed by atoms with Crippen LogP contribution >= 0.6 is 7.81 Å². The summed E-state index contributed by atoms with van der Waals surface area (Å²) in [6.45, 7) is 2.08. The summed E-state index contributed by atoms with van der Waals surface area (Å²) in [6, 6.07) is 6.14. The first kappa shape index (κ1) is 14.2.